The van der Waals surface area contributed by atoms with Crippen molar-refractivity contribution in [1.29, 1.82) is 0 Å². The number of ether oxygens (including phenoxy) is 3. The van der Waals surface area contributed by atoms with Gasteiger partial charge in [-0.2, -0.15) is 0 Å². The summed E-state index contributed by atoms with van der Waals surface area (Å²) in [4.78, 5) is 26.0. The molecule has 1 fully saturated rings. The molecule has 0 bridgehead atoms. The van der Waals surface area contributed by atoms with Crippen molar-refractivity contribution in [2.45, 2.75) is 6.42 Å². The van der Waals surface area contributed by atoms with Crippen molar-refractivity contribution in [2.75, 3.05) is 51.2 Å². The average molecular weight is 314 g/mol. The molecule has 0 atom stereocenters. The highest BCUT2D eigenvalue weighted by Crippen LogP contribution is 2.39. The molecule has 2 rings (SSSR count). The Hall–Kier alpha value is -1.80. The maximum absolute atomic E-state index is 12.0. The summed E-state index contributed by atoms with van der Waals surface area (Å²) in [6, 6.07) is 0. The molecule has 0 spiro atoms. The smallest absolute Gasteiger partial charge is 0.350 e. The van der Waals surface area contributed by atoms with Crippen molar-refractivity contribution in [3.8, 4) is 0 Å². The average Bonchev–Trinajstić information content (AvgIpc) is 2.69. The Kier molecular flexibility index (Phi) is 5.03. The lowest BCUT2D eigenvalue weighted by atomic mass is 10.2. The van der Waals surface area contributed by atoms with E-state index in [1.54, 1.807) is 0 Å². The molecule has 1 saturated heterocycles. The summed E-state index contributed by atoms with van der Waals surface area (Å²) in [5.41, 5.74) is 6.29. The topological polar surface area (TPSA) is 91.1 Å². The largest absolute Gasteiger partial charge is 0.465 e. The summed E-state index contributed by atoms with van der Waals surface area (Å²) >= 11 is 1.15. The zero-order chi connectivity index (χ0) is 15.4. The number of carbonyl (C=O) groups excluding carboxylic acids is 2. The van der Waals surface area contributed by atoms with E-state index >= 15 is 0 Å². The molecular formula is C13H18N2O5S. The van der Waals surface area contributed by atoms with Crippen LogP contribution in [-0.2, 0) is 14.2 Å². The summed E-state index contributed by atoms with van der Waals surface area (Å²) in [6.07, 6.45) is 0.839. The molecule has 2 N–H and O–H groups in total. The summed E-state index contributed by atoms with van der Waals surface area (Å²) in [7, 11) is 2.56. The molecule has 21 heavy (non-hydrogen) atoms. The number of hydrogen-bond acceptors (Lipinski definition) is 8. The van der Waals surface area contributed by atoms with E-state index in [0.29, 0.717) is 24.8 Å². The molecule has 0 saturated carbocycles. The summed E-state index contributed by atoms with van der Waals surface area (Å²) in [5.74, 6) is -1.11. The summed E-state index contributed by atoms with van der Waals surface area (Å²) in [6.45, 7) is 2.59. The first-order valence-electron chi connectivity index (χ1n) is 6.51. The first-order chi connectivity index (χ1) is 10.1. The van der Waals surface area contributed by atoms with Gasteiger partial charge < -0.3 is 24.8 Å². The number of nitrogens with zero attached hydrogens (tertiary/aromatic N) is 1. The SMILES string of the molecule is COC(=O)c1sc(N2CCCOCC2)c(C(=O)OC)c1N. The van der Waals surface area contributed by atoms with Crippen LogP contribution in [0.3, 0.4) is 0 Å². The molecule has 1 aromatic rings. The van der Waals surface area contributed by atoms with E-state index < -0.39 is 11.9 Å². The van der Waals surface area contributed by atoms with E-state index in [1.165, 1.54) is 14.2 Å². The fourth-order valence-corrected chi connectivity index (χ4v) is 3.33. The highest BCUT2D eigenvalue weighted by atomic mass is 32.1. The van der Waals surface area contributed by atoms with Crippen LogP contribution >= 0.6 is 11.3 Å². The molecule has 116 valence electrons. The van der Waals surface area contributed by atoms with E-state index in [-0.39, 0.29) is 16.1 Å². The standard InChI is InChI=1S/C13H18N2O5S/c1-18-12(16)8-9(14)10(13(17)19-2)21-11(8)15-4-3-6-20-7-5-15/h3-7,14H2,1-2H3. The lowest BCUT2D eigenvalue weighted by Crippen LogP contribution is -2.26. The highest BCUT2D eigenvalue weighted by Gasteiger charge is 2.29. The Bertz CT molecular complexity index is 535. The summed E-state index contributed by atoms with van der Waals surface area (Å²) in [5, 5.41) is 0.630. The van der Waals surface area contributed by atoms with Gasteiger partial charge in [0.15, 0.2) is 0 Å². The van der Waals surface area contributed by atoms with Crippen LogP contribution in [0.15, 0.2) is 0 Å². The molecule has 1 aromatic heterocycles. The van der Waals surface area contributed by atoms with Gasteiger partial charge in [0, 0.05) is 19.7 Å². The zero-order valence-corrected chi connectivity index (χ0v) is 12.8. The van der Waals surface area contributed by atoms with Crippen molar-refractivity contribution in [3.05, 3.63) is 10.4 Å². The van der Waals surface area contributed by atoms with Gasteiger partial charge in [0.25, 0.3) is 0 Å². The monoisotopic (exact) mass is 314 g/mol. The third-order valence-corrected chi connectivity index (χ3v) is 4.44. The maximum Gasteiger partial charge on any atom is 0.350 e. The van der Waals surface area contributed by atoms with Crippen molar-refractivity contribution in [1.82, 2.24) is 0 Å². The Labute approximate surface area is 126 Å². The number of nitrogen functional groups attached to an aromatic ring is 1. The van der Waals surface area contributed by atoms with Gasteiger partial charge in [-0.25, -0.2) is 9.59 Å². The molecule has 0 unspecified atom stereocenters. The van der Waals surface area contributed by atoms with E-state index in [2.05, 4.69) is 0 Å². The Morgan fingerprint density at radius 3 is 2.57 bits per heavy atom. The van der Waals surface area contributed by atoms with Crippen LogP contribution in [0.4, 0.5) is 10.7 Å². The fourth-order valence-electron chi connectivity index (χ4n) is 2.15. The van der Waals surface area contributed by atoms with E-state index in [9.17, 15) is 9.59 Å². The molecule has 7 nitrogen and oxygen atoms in total. The van der Waals surface area contributed by atoms with Gasteiger partial charge in [0.2, 0.25) is 0 Å². The normalized spacial score (nSPS) is 15.4. The van der Waals surface area contributed by atoms with Crippen LogP contribution in [0.2, 0.25) is 0 Å². The number of methoxy groups -OCH3 is 2. The van der Waals surface area contributed by atoms with Gasteiger partial charge in [-0.15, -0.1) is 11.3 Å². The first-order valence-corrected chi connectivity index (χ1v) is 7.33. The predicted molar refractivity (Wildman–Crippen MR) is 79.1 cm³/mol. The second-order valence-corrected chi connectivity index (χ2v) is 5.46. The molecule has 2 heterocycles. The van der Waals surface area contributed by atoms with Crippen LogP contribution in [0.5, 0.6) is 0 Å². The van der Waals surface area contributed by atoms with Gasteiger partial charge in [0.1, 0.15) is 15.4 Å². The number of hydrogen-bond donors (Lipinski definition) is 1. The van der Waals surface area contributed by atoms with Crippen LogP contribution in [0, 0.1) is 0 Å². The van der Waals surface area contributed by atoms with E-state index in [0.717, 1.165) is 24.3 Å². The van der Waals surface area contributed by atoms with Crippen molar-refractivity contribution < 1.29 is 23.8 Å². The van der Waals surface area contributed by atoms with Gasteiger partial charge in [-0.1, -0.05) is 0 Å². The Balaban J connectivity index is 2.46. The number of rotatable bonds is 3. The number of nitrogens with two attached hydrogens (primary N) is 1. The predicted octanol–water partition coefficient (Wildman–Crippen LogP) is 1.13. The van der Waals surface area contributed by atoms with E-state index in [1.807, 2.05) is 4.90 Å². The Morgan fingerprint density at radius 2 is 1.90 bits per heavy atom. The van der Waals surface area contributed by atoms with Crippen molar-refractivity contribution in [2.24, 2.45) is 0 Å². The quantitative estimate of drug-likeness (QED) is 0.836. The fraction of sp³-hybridized carbons (Fsp3) is 0.538. The number of thiophene rings is 1. The highest BCUT2D eigenvalue weighted by molar-refractivity contribution is 7.19. The van der Waals surface area contributed by atoms with Crippen molar-refractivity contribution >= 4 is 34.0 Å². The summed E-state index contributed by atoms with van der Waals surface area (Å²) < 4.78 is 14.9. The van der Waals surface area contributed by atoms with E-state index in [4.69, 9.17) is 19.9 Å². The lowest BCUT2D eigenvalue weighted by Gasteiger charge is -2.21. The molecule has 0 amide bonds. The van der Waals surface area contributed by atoms with Crippen LogP contribution in [0.1, 0.15) is 26.5 Å². The number of anilines is 2. The Morgan fingerprint density at radius 1 is 1.19 bits per heavy atom. The van der Waals surface area contributed by atoms with Gasteiger partial charge in [-0.3, -0.25) is 0 Å². The van der Waals surface area contributed by atoms with Crippen LogP contribution in [0.25, 0.3) is 0 Å². The molecule has 0 aliphatic carbocycles. The van der Waals surface area contributed by atoms with Crippen molar-refractivity contribution in [3.63, 3.8) is 0 Å². The molecule has 0 aromatic carbocycles. The molecular weight excluding hydrogens is 296 g/mol. The first kappa shape index (κ1) is 15.6. The lowest BCUT2D eigenvalue weighted by molar-refractivity contribution is 0.0602. The number of carbonyl (C=O) groups is 2. The minimum atomic E-state index is -0.556. The molecule has 8 heteroatoms. The minimum absolute atomic E-state index is 0.110. The second-order valence-electron chi connectivity index (χ2n) is 4.46. The third-order valence-electron chi connectivity index (χ3n) is 3.20. The number of esters is 2. The van der Waals surface area contributed by atoms with Gasteiger partial charge in [-0.05, 0) is 6.42 Å². The maximum atomic E-state index is 12.0. The molecule has 1 aliphatic rings. The zero-order valence-electron chi connectivity index (χ0n) is 12.0. The minimum Gasteiger partial charge on any atom is -0.465 e. The van der Waals surface area contributed by atoms with Gasteiger partial charge in [0.05, 0.1) is 26.5 Å². The molecule has 1 aliphatic heterocycles. The molecule has 0 radical (unpaired) electrons. The van der Waals surface area contributed by atoms with Crippen LogP contribution in [-0.4, -0.2) is 52.5 Å². The second kappa shape index (κ2) is 6.77. The van der Waals surface area contributed by atoms with Gasteiger partial charge >= 0.3 is 11.9 Å². The van der Waals surface area contributed by atoms with Crippen LogP contribution < -0.4 is 10.6 Å². The third kappa shape index (κ3) is 3.11.